The van der Waals surface area contributed by atoms with Crippen LogP contribution in [-0.4, -0.2) is 24.8 Å². The number of hydrogen-bond donors (Lipinski definition) is 2. The summed E-state index contributed by atoms with van der Waals surface area (Å²) in [4.78, 5) is 4.29. The fourth-order valence-electron chi connectivity index (χ4n) is 1.53. The van der Waals surface area contributed by atoms with Crippen LogP contribution in [0, 0.1) is 0 Å². The molecule has 3 N–H and O–H groups in total. The van der Waals surface area contributed by atoms with Crippen molar-refractivity contribution >= 4 is 27.4 Å². The molecule has 0 saturated heterocycles. The fraction of sp³-hybridized carbons (Fsp3) is 0. The summed E-state index contributed by atoms with van der Waals surface area (Å²) in [5, 5.41) is 10.8. The molecule has 0 amide bonds. The standard InChI is InChI=1S/C9H7BrN6/c10-7-4-12-9-6(5-1-13-14-2-5)3-15-16(9)8(7)11/h1-4H,11H2,(H,13,14). The highest BCUT2D eigenvalue weighted by atomic mass is 79.9. The number of aromatic nitrogens is 5. The van der Waals surface area contributed by atoms with Crippen LogP contribution in [0.5, 0.6) is 0 Å². The van der Waals surface area contributed by atoms with E-state index in [1.165, 1.54) is 0 Å². The number of H-pyrrole nitrogens is 1. The van der Waals surface area contributed by atoms with Crippen LogP contribution >= 0.6 is 15.9 Å². The third-order valence-corrected chi connectivity index (χ3v) is 2.94. The number of nitrogens with zero attached hydrogens (tertiary/aromatic N) is 4. The molecule has 3 aromatic rings. The molecule has 0 spiro atoms. The normalized spacial score (nSPS) is 11.1. The van der Waals surface area contributed by atoms with Gasteiger partial charge in [0.15, 0.2) is 5.65 Å². The van der Waals surface area contributed by atoms with Gasteiger partial charge in [0.2, 0.25) is 0 Å². The van der Waals surface area contributed by atoms with E-state index in [1.54, 1.807) is 29.3 Å². The van der Waals surface area contributed by atoms with Crippen molar-refractivity contribution < 1.29 is 0 Å². The third kappa shape index (κ3) is 1.21. The molecular formula is C9H7BrN6. The van der Waals surface area contributed by atoms with Gasteiger partial charge in [0.25, 0.3) is 0 Å². The fourth-order valence-corrected chi connectivity index (χ4v) is 1.80. The molecule has 0 aliphatic carbocycles. The molecule has 3 rings (SSSR count). The van der Waals surface area contributed by atoms with Crippen molar-refractivity contribution in [3.8, 4) is 11.1 Å². The third-order valence-electron chi connectivity index (χ3n) is 2.33. The predicted octanol–water partition coefficient (Wildman–Crippen LogP) is 1.46. The highest BCUT2D eigenvalue weighted by Gasteiger charge is 2.11. The minimum Gasteiger partial charge on any atom is -0.383 e. The number of halogens is 1. The Morgan fingerprint density at radius 1 is 1.31 bits per heavy atom. The van der Waals surface area contributed by atoms with Crippen molar-refractivity contribution in [2.24, 2.45) is 0 Å². The van der Waals surface area contributed by atoms with Crippen molar-refractivity contribution in [2.45, 2.75) is 0 Å². The van der Waals surface area contributed by atoms with Gasteiger partial charge in [0, 0.05) is 23.5 Å². The lowest BCUT2D eigenvalue weighted by atomic mass is 10.2. The van der Waals surface area contributed by atoms with Gasteiger partial charge < -0.3 is 5.73 Å². The van der Waals surface area contributed by atoms with Gasteiger partial charge in [0.05, 0.1) is 16.9 Å². The zero-order valence-electron chi connectivity index (χ0n) is 8.05. The Morgan fingerprint density at radius 2 is 2.19 bits per heavy atom. The van der Waals surface area contributed by atoms with E-state index in [4.69, 9.17) is 5.73 Å². The molecule has 3 aromatic heterocycles. The van der Waals surface area contributed by atoms with E-state index in [-0.39, 0.29) is 0 Å². The summed E-state index contributed by atoms with van der Waals surface area (Å²) in [5.74, 6) is 0.528. The van der Waals surface area contributed by atoms with Crippen LogP contribution in [0.15, 0.2) is 29.3 Å². The zero-order chi connectivity index (χ0) is 11.1. The molecule has 0 fully saturated rings. The topological polar surface area (TPSA) is 84.9 Å². The van der Waals surface area contributed by atoms with Crippen LogP contribution in [-0.2, 0) is 0 Å². The highest BCUT2D eigenvalue weighted by Crippen LogP contribution is 2.26. The van der Waals surface area contributed by atoms with Gasteiger partial charge in [-0.3, -0.25) is 5.10 Å². The Morgan fingerprint density at radius 3 is 2.94 bits per heavy atom. The molecule has 16 heavy (non-hydrogen) atoms. The summed E-state index contributed by atoms with van der Waals surface area (Å²) in [5.41, 5.74) is 8.42. The number of fused-ring (bicyclic) bond motifs is 1. The molecule has 0 atom stereocenters. The molecule has 0 aliphatic rings. The smallest absolute Gasteiger partial charge is 0.165 e. The first kappa shape index (κ1) is 9.34. The maximum Gasteiger partial charge on any atom is 0.165 e. The van der Waals surface area contributed by atoms with E-state index in [1.807, 2.05) is 0 Å². The van der Waals surface area contributed by atoms with Gasteiger partial charge in [-0.1, -0.05) is 0 Å². The van der Waals surface area contributed by atoms with Crippen LogP contribution in [0.25, 0.3) is 16.8 Å². The molecule has 0 radical (unpaired) electrons. The molecule has 0 aromatic carbocycles. The summed E-state index contributed by atoms with van der Waals surface area (Å²) in [6.07, 6.45) is 6.89. The van der Waals surface area contributed by atoms with Crippen LogP contribution in [0.2, 0.25) is 0 Å². The Bertz CT molecular complexity index is 641. The average molecular weight is 279 g/mol. The molecule has 3 heterocycles. The number of nitrogen functional groups attached to an aromatic ring is 1. The van der Waals surface area contributed by atoms with Gasteiger partial charge in [-0.2, -0.15) is 14.7 Å². The largest absolute Gasteiger partial charge is 0.383 e. The summed E-state index contributed by atoms with van der Waals surface area (Å²) >= 11 is 3.31. The highest BCUT2D eigenvalue weighted by molar-refractivity contribution is 9.10. The van der Waals surface area contributed by atoms with Crippen molar-refractivity contribution in [3.05, 3.63) is 29.3 Å². The number of nitrogens with one attached hydrogen (secondary N) is 1. The van der Waals surface area contributed by atoms with Gasteiger partial charge in [0.1, 0.15) is 5.82 Å². The summed E-state index contributed by atoms with van der Waals surface area (Å²) in [6.45, 7) is 0. The molecule has 0 bridgehead atoms. The first-order valence-electron chi connectivity index (χ1n) is 4.54. The molecule has 7 heteroatoms. The Balaban J connectivity index is 2.34. The van der Waals surface area contributed by atoms with Crippen LogP contribution in [0.1, 0.15) is 0 Å². The van der Waals surface area contributed by atoms with Crippen molar-refractivity contribution in [3.63, 3.8) is 0 Å². The van der Waals surface area contributed by atoms with E-state index >= 15 is 0 Å². The van der Waals surface area contributed by atoms with Crippen LogP contribution < -0.4 is 5.73 Å². The Labute approximate surface area is 98.6 Å². The van der Waals surface area contributed by atoms with Crippen LogP contribution in [0.4, 0.5) is 5.82 Å². The number of anilines is 1. The number of aromatic amines is 1. The molecule has 6 nitrogen and oxygen atoms in total. The average Bonchev–Trinajstić information content (AvgIpc) is 2.91. The summed E-state index contributed by atoms with van der Waals surface area (Å²) in [6, 6.07) is 0. The molecule has 0 saturated carbocycles. The number of nitrogens with two attached hydrogens (primary N) is 1. The van der Waals surface area contributed by atoms with Gasteiger partial charge in [-0.05, 0) is 15.9 Å². The second-order valence-corrected chi connectivity index (χ2v) is 4.13. The maximum absolute atomic E-state index is 5.88. The molecule has 0 aliphatic heterocycles. The van der Waals surface area contributed by atoms with E-state index in [9.17, 15) is 0 Å². The minimum atomic E-state index is 0.528. The minimum absolute atomic E-state index is 0.528. The Kier molecular flexibility index (Phi) is 1.93. The summed E-state index contributed by atoms with van der Waals surface area (Å²) in [7, 11) is 0. The van der Waals surface area contributed by atoms with Crippen molar-refractivity contribution in [2.75, 3.05) is 5.73 Å². The first-order valence-corrected chi connectivity index (χ1v) is 5.33. The molecule has 80 valence electrons. The summed E-state index contributed by atoms with van der Waals surface area (Å²) < 4.78 is 2.31. The predicted molar refractivity (Wildman–Crippen MR) is 62.7 cm³/mol. The van der Waals surface area contributed by atoms with Crippen molar-refractivity contribution in [1.82, 2.24) is 24.8 Å². The van der Waals surface area contributed by atoms with Gasteiger partial charge in [-0.15, -0.1) is 0 Å². The number of rotatable bonds is 1. The van der Waals surface area contributed by atoms with Crippen LogP contribution in [0.3, 0.4) is 0 Å². The van der Waals surface area contributed by atoms with Gasteiger partial charge >= 0.3 is 0 Å². The molecular weight excluding hydrogens is 272 g/mol. The van der Waals surface area contributed by atoms with E-state index < -0.39 is 0 Å². The molecule has 0 unspecified atom stereocenters. The second-order valence-electron chi connectivity index (χ2n) is 3.27. The monoisotopic (exact) mass is 278 g/mol. The van der Waals surface area contributed by atoms with Gasteiger partial charge in [-0.25, -0.2) is 4.98 Å². The number of hydrogen-bond acceptors (Lipinski definition) is 4. The zero-order valence-corrected chi connectivity index (χ0v) is 9.64. The lowest BCUT2D eigenvalue weighted by Crippen LogP contribution is -2.00. The second kappa shape index (κ2) is 3.31. The Hall–Kier alpha value is -1.89. The first-order chi connectivity index (χ1) is 7.77. The van der Waals surface area contributed by atoms with E-state index in [0.29, 0.717) is 11.5 Å². The SMILES string of the molecule is Nc1c(Br)cnc2c(-c3cn[nH]c3)cnn12. The van der Waals surface area contributed by atoms with E-state index in [2.05, 4.69) is 36.2 Å². The maximum atomic E-state index is 5.88. The van der Waals surface area contributed by atoms with E-state index in [0.717, 1.165) is 15.6 Å². The quantitative estimate of drug-likeness (QED) is 0.706. The lowest BCUT2D eigenvalue weighted by molar-refractivity contribution is 0.947. The van der Waals surface area contributed by atoms with Crippen molar-refractivity contribution in [1.29, 1.82) is 0 Å². The lowest BCUT2D eigenvalue weighted by Gasteiger charge is -2.00.